The number of nitrogens with one attached hydrogen (secondary N) is 1. The van der Waals surface area contributed by atoms with E-state index in [9.17, 15) is 4.39 Å². The van der Waals surface area contributed by atoms with Crippen LogP contribution in [0.25, 0.3) is 0 Å². The maximum atomic E-state index is 13.5. The van der Waals surface area contributed by atoms with Crippen LogP contribution in [0.2, 0.25) is 5.02 Å². The van der Waals surface area contributed by atoms with E-state index in [1.165, 1.54) is 6.07 Å². The van der Waals surface area contributed by atoms with Crippen molar-refractivity contribution in [3.63, 3.8) is 0 Å². The Hall–Kier alpha value is -0.640. The van der Waals surface area contributed by atoms with E-state index in [0.717, 1.165) is 12.0 Å². The van der Waals surface area contributed by atoms with Crippen molar-refractivity contribution >= 4 is 11.6 Å². The standard InChI is InChI=1S/C12H18ClFN2/c1-7-4-10(13)9(6-11(7)14)12(16-3)5-8(2)15/h4,6,8,12,16H,5,15H2,1-3H3. The lowest BCUT2D eigenvalue weighted by atomic mass is 9.99. The van der Waals surface area contributed by atoms with Crippen LogP contribution >= 0.6 is 11.6 Å². The Kier molecular flexibility index (Phi) is 4.71. The zero-order valence-electron chi connectivity index (χ0n) is 9.85. The highest BCUT2D eigenvalue weighted by Crippen LogP contribution is 2.28. The van der Waals surface area contributed by atoms with Crippen molar-refractivity contribution in [2.45, 2.75) is 32.4 Å². The Morgan fingerprint density at radius 3 is 2.62 bits per heavy atom. The molecule has 2 nitrogen and oxygen atoms in total. The first-order valence-electron chi connectivity index (χ1n) is 5.34. The average molecular weight is 245 g/mol. The summed E-state index contributed by atoms with van der Waals surface area (Å²) in [5, 5.41) is 3.69. The molecule has 90 valence electrons. The first kappa shape index (κ1) is 13.4. The molecule has 16 heavy (non-hydrogen) atoms. The van der Waals surface area contributed by atoms with Gasteiger partial charge in [0.25, 0.3) is 0 Å². The van der Waals surface area contributed by atoms with Crippen LogP contribution in [0.4, 0.5) is 4.39 Å². The Morgan fingerprint density at radius 2 is 2.12 bits per heavy atom. The van der Waals surface area contributed by atoms with Crippen molar-refractivity contribution in [3.05, 3.63) is 34.1 Å². The summed E-state index contributed by atoms with van der Waals surface area (Å²) in [7, 11) is 1.82. The highest BCUT2D eigenvalue weighted by Gasteiger charge is 2.16. The molecule has 0 saturated heterocycles. The molecule has 0 heterocycles. The maximum Gasteiger partial charge on any atom is 0.126 e. The summed E-state index contributed by atoms with van der Waals surface area (Å²) < 4.78 is 13.5. The molecule has 4 heteroatoms. The van der Waals surface area contributed by atoms with Gasteiger partial charge in [0.05, 0.1) is 0 Å². The van der Waals surface area contributed by atoms with Crippen molar-refractivity contribution in [2.24, 2.45) is 5.73 Å². The number of hydrogen-bond donors (Lipinski definition) is 2. The predicted molar refractivity (Wildman–Crippen MR) is 66.2 cm³/mol. The molecule has 1 aromatic carbocycles. The number of aryl methyl sites for hydroxylation is 1. The molecule has 0 aromatic heterocycles. The fraction of sp³-hybridized carbons (Fsp3) is 0.500. The van der Waals surface area contributed by atoms with E-state index in [1.54, 1.807) is 13.0 Å². The molecule has 0 radical (unpaired) electrons. The van der Waals surface area contributed by atoms with Gasteiger partial charge in [-0.1, -0.05) is 11.6 Å². The predicted octanol–water partition coefficient (Wildman–Crippen LogP) is 2.79. The molecule has 0 aliphatic rings. The molecule has 0 fully saturated rings. The summed E-state index contributed by atoms with van der Waals surface area (Å²) in [5.41, 5.74) is 7.08. The van der Waals surface area contributed by atoms with Gasteiger partial charge in [-0.15, -0.1) is 0 Å². The molecule has 3 N–H and O–H groups in total. The Bertz CT molecular complexity index is 366. The minimum absolute atomic E-state index is 0.0115. The van der Waals surface area contributed by atoms with Crippen molar-refractivity contribution < 1.29 is 4.39 Å². The first-order valence-corrected chi connectivity index (χ1v) is 5.72. The summed E-state index contributed by atoms with van der Waals surface area (Å²) >= 11 is 6.11. The smallest absolute Gasteiger partial charge is 0.126 e. The highest BCUT2D eigenvalue weighted by molar-refractivity contribution is 6.31. The van der Waals surface area contributed by atoms with Crippen LogP contribution in [0.5, 0.6) is 0 Å². The fourth-order valence-electron chi connectivity index (χ4n) is 1.70. The second-order valence-electron chi connectivity index (χ2n) is 4.18. The normalized spacial score (nSPS) is 14.9. The topological polar surface area (TPSA) is 38.0 Å². The summed E-state index contributed by atoms with van der Waals surface area (Å²) in [6.45, 7) is 3.62. The fourth-order valence-corrected chi connectivity index (χ4v) is 2.05. The number of hydrogen-bond acceptors (Lipinski definition) is 2. The zero-order valence-corrected chi connectivity index (χ0v) is 10.6. The summed E-state index contributed by atoms with van der Waals surface area (Å²) in [5.74, 6) is -0.232. The van der Waals surface area contributed by atoms with E-state index in [-0.39, 0.29) is 17.9 Å². The van der Waals surface area contributed by atoms with Gasteiger partial charge in [0.1, 0.15) is 5.82 Å². The summed E-state index contributed by atoms with van der Waals surface area (Å²) in [6.07, 6.45) is 0.721. The van der Waals surface area contributed by atoms with Crippen LogP contribution in [-0.4, -0.2) is 13.1 Å². The molecule has 1 rings (SSSR count). The van der Waals surface area contributed by atoms with Gasteiger partial charge in [-0.3, -0.25) is 0 Å². The van der Waals surface area contributed by atoms with Crippen molar-refractivity contribution in [1.29, 1.82) is 0 Å². The monoisotopic (exact) mass is 244 g/mol. The molecule has 0 aliphatic carbocycles. The highest BCUT2D eigenvalue weighted by atomic mass is 35.5. The third-order valence-corrected chi connectivity index (χ3v) is 2.94. The Balaban J connectivity index is 3.05. The minimum atomic E-state index is -0.232. The number of nitrogens with two attached hydrogens (primary N) is 1. The zero-order chi connectivity index (χ0) is 12.3. The lowest BCUT2D eigenvalue weighted by Gasteiger charge is -2.20. The largest absolute Gasteiger partial charge is 0.328 e. The van der Waals surface area contributed by atoms with Crippen LogP contribution in [-0.2, 0) is 0 Å². The maximum absolute atomic E-state index is 13.5. The second-order valence-corrected chi connectivity index (χ2v) is 4.58. The van der Waals surface area contributed by atoms with Crippen LogP contribution in [0.3, 0.4) is 0 Å². The van der Waals surface area contributed by atoms with Crippen LogP contribution in [0, 0.1) is 12.7 Å². The van der Waals surface area contributed by atoms with Gasteiger partial charge in [-0.25, -0.2) is 4.39 Å². The minimum Gasteiger partial charge on any atom is -0.328 e. The van der Waals surface area contributed by atoms with Crippen LogP contribution < -0.4 is 11.1 Å². The van der Waals surface area contributed by atoms with E-state index < -0.39 is 0 Å². The van der Waals surface area contributed by atoms with Gasteiger partial charge in [-0.05, 0) is 50.6 Å². The van der Waals surface area contributed by atoms with Gasteiger partial charge in [0.2, 0.25) is 0 Å². The second kappa shape index (κ2) is 5.62. The molecular weight excluding hydrogens is 227 g/mol. The molecular formula is C12H18ClFN2. The Morgan fingerprint density at radius 1 is 1.50 bits per heavy atom. The Labute approximate surface area is 101 Å². The lowest BCUT2D eigenvalue weighted by molar-refractivity contribution is 0.495. The molecule has 0 amide bonds. The number of benzene rings is 1. The third-order valence-electron chi connectivity index (χ3n) is 2.61. The molecule has 2 unspecified atom stereocenters. The molecule has 2 atom stereocenters. The van der Waals surface area contributed by atoms with Crippen molar-refractivity contribution in [2.75, 3.05) is 7.05 Å². The lowest BCUT2D eigenvalue weighted by Crippen LogP contribution is -2.26. The summed E-state index contributed by atoms with van der Waals surface area (Å²) in [6, 6.07) is 3.17. The van der Waals surface area contributed by atoms with E-state index in [0.29, 0.717) is 10.6 Å². The van der Waals surface area contributed by atoms with E-state index in [1.807, 2.05) is 14.0 Å². The van der Waals surface area contributed by atoms with Gasteiger partial charge in [-0.2, -0.15) is 0 Å². The van der Waals surface area contributed by atoms with E-state index >= 15 is 0 Å². The SMILES string of the molecule is CNC(CC(C)N)c1cc(F)c(C)cc1Cl. The first-order chi connectivity index (χ1) is 7.45. The van der Waals surface area contributed by atoms with Crippen molar-refractivity contribution in [1.82, 2.24) is 5.32 Å². The van der Waals surface area contributed by atoms with Crippen LogP contribution in [0.1, 0.15) is 30.5 Å². The van der Waals surface area contributed by atoms with Gasteiger partial charge in [0, 0.05) is 17.1 Å². The molecule has 0 spiro atoms. The number of rotatable bonds is 4. The van der Waals surface area contributed by atoms with Gasteiger partial charge >= 0.3 is 0 Å². The molecule has 0 aliphatic heterocycles. The molecule has 1 aromatic rings. The number of halogens is 2. The van der Waals surface area contributed by atoms with E-state index in [2.05, 4.69) is 5.32 Å². The van der Waals surface area contributed by atoms with Gasteiger partial charge in [0.15, 0.2) is 0 Å². The molecule has 0 bridgehead atoms. The summed E-state index contributed by atoms with van der Waals surface area (Å²) in [4.78, 5) is 0. The molecule has 0 saturated carbocycles. The quantitative estimate of drug-likeness (QED) is 0.855. The third kappa shape index (κ3) is 3.17. The van der Waals surface area contributed by atoms with E-state index in [4.69, 9.17) is 17.3 Å². The van der Waals surface area contributed by atoms with Crippen LogP contribution in [0.15, 0.2) is 12.1 Å². The van der Waals surface area contributed by atoms with Gasteiger partial charge < -0.3 is 11.1 Å². The van der Waals surface area contributed by atoms with Crippen molar-refractivity contribution in [3.8, 4) is 0 Å². The average Bonchev–Trinajstić information content (AvgIpc) is 2.20.